The zero-order valence-corrected chi connectivity index (χ0v) is 8.24. The minimum Gasteiger partial charge on any atom is -0.388 e. The van der Waals surface area contributed by atoms with E-state index in [0.717, 1.165) is 22.5 Å². The highest BCUT2D eigenvalue weighted by Crippen LogP contribution is 2.25. The molecule has 4 heteroatoms. The van der Waals surface area contributed by atoms with Crippen LogP contribution in [0.1, 0.15) is 5.82 Å². The minimum absolute atomic E-state index is 0.697. The monoisotopic (exact) mass is 195 g/mol. The number of fused-ring (bicyclic) bond motifs is 1. The van der Waals surface area contributed by atoms with E-state index in [1.54, 1.807) is 0 Å². The molecule has 1 heterocycles. The Balaban J connectivity index is 2.75. The summed E-state index contributed by atoms with van der Waals surface area (Å²) in [5.41, 5.74) is 2.77. The fraction of sp³-hybridized carbons (Fsp3) is 0.222. The van der Waals surface area contributed by atoms with Crippen molar-refractivity contribution in [1.82, 2.24) is 9.97 Å². The van der Waals surface area contributed by atoms with E-state index in [2.05, 4.69) is 15.3 Å². The summed E-state index contributed by atoms with van der Waals surface area (Å²) >= 11 is 6.04. The van der Waals surface area contributed by atoms with Crippen LogP contribution in [-0.4, -0.2) is 17.0 Å². The van der Waals surface area contributed by atoms with Gasteiger partial charge in [0, 0.05) is 12.7 Å². The Morgan fingerprint density at radius 2 is 2.23 bits per heavy atom. The Kier molecular flexibility index (Phi) is 1.88. The number of nitrogens with zero attached hydrogens (tertiary/aromatic N) is 1. The lowest BCUT2D eigenvalue weighted by atomic mass is 10.3. The number of imidazole rings is 1. The van der Waals surface area contributed by atoms with Gasteiger partial charge in [0.1, 0.15) is 5.82 Å². The third kappa shape index (κ3) is 1.35. The molecule has 3 nitrogen and oxygen atoms in total. The topological polar surface area (TPSA) is 40.7 Å². The molecule has 0 aliphatic heterocycles. The summed E-state index contributed by atoms with van der Waals surface area (Å²) in [5, 5.41) is 3.73. The van der Waals surface area contributed by atoms with Crippen LogP contribution in [0.2, 0.25) is 5.02 Å². The largest absolute Gasteiger partial charge is 0.388 e. The first-order valence-electron chi connectivity index (χ1n) is 4.04. The number of nitrogens with one attached hydrogen (secondary N) is 2. The number of anilines is 1. The molecule has 2 N–H and O–H groups in total. The van der Waals surface area contributed by atoms with Crippen LogP contribution in [0.4, 0.5) is 5.69 Å². The van der Waals surface area contributed by atoms with E-state index < -0.39 is 0 Å². The van der Waals surface area contributed by atoms with Crippen molar-refractivity contribution in [2.75, 3.05) is 12.4 Å². The molecule has 0 spiro atoms. The van der Waals surface area contributed by atoms with Gasteiger partial charge in [-0.3, -0.25) is 0 Å². The van der Waals surface area contributed by atoms with Crippen molar-refractivity contribution in [3.8, 4) is 0 Å². The van der Waals surface area contributed by atoms with Crippen LogP contribution in [0.25, 0.3) is 11.0 Å². The van der Waals surface area contributed by atoms with Gasteiger partial charge in [0.2, 0.25) is 0 Å². The van der Waals surface area contributed by atoms with Gasteiger partial charge >= 0.3 is 0 Å². The van der Waals surface area contributed by atoms with Gasteiger partial charge in [0.25, 0.3) is 0 Å². The molecule has 0 aliphatic rings. The Labute approximate surface area is 81.1 Å². The summed E-state index contributed by atoms with van der Waals surface area (Å²) in [7, 11) is 1.86. The number of hydrogen-bond acceptors (Lipinski definition) is 2. The molecule has 1 aromatic heterocycles. The number of aromatic nitrogens is 2. The molecule has 0 saturated heterocycles. The molecular weight excluding hydrogens is 186 g/mol. The smallest absolute Gasteiger partial charge is 0.104 e. The molecule has 0 radical (unpaired) electrons. The van der Waals surface area contributed by atoms with Crippen molar-refractivity contribution >= 4 is 28.3 Å². The fourth-order valence-corrected chi connectivity index (χ4v) is 1.60. The third-order valence-electron chi connectivity index (χ3n) is 1.95. The van der Waals surface area contributed by atoms with Gasteiger partial charge in [0.05, 0.1) is 16.1 Å². The summed E-state index contributed by atoms with van der Waals surface area (Å²) < 4.78 is 0. The van der Waals surface area contributed by atoms with Crippen molar-refractivity contribution in [3.05, 3.63) is 23.0 Å². The standard InChI is InChI=1S/C9H10ClN3/c1-5-12-8-4-6(11-2)3-7(10)9(8)13-5/h3-4,11H,1-2H3,(H,12,13). The molecule has 0 unspecified atom stereocenters. The Morgan fingerprint density at radius 1 is 1.46 bits per heavy atom. The van der Waals surface area contributed by atoms with E-state index in [1.165, 1.54) is 0 Å². The SMILES string of the molecule is CNc1cc(Cl)c2[nH]c(C)nc2c1. The number of aryl methyl sites for hydroxylation is 1. The van der Waals surface area contributed by atoms with Crippen LogP contribution >= 0.6 is 11.6 Å². The second-order valence-corrected chi connectivity index (χ2v) is 3.33. The lowest BCUT2D eigenvalue weighted by Gasteiger charge is -2.00. The van der Waals surface area contributed by atoms with Gasteiger partial charge in [-0.05, 0) is 19.1 Å². The molecular formula is C9H10ClN3. The summed E-state index contributed by atoms with van der Waals surface area (Å²) in [6.07, 6.45) is 0. The fourth-order valence-electron chi connectivity index (χ4n) is 1.34. The van der Waals surface area contributed by atoms with Gasteiger partial charge in [-0.25, -0.2) is 4.98 Å². The van der Waals surface area contributed by atoms with Crippen molar-refractivity contribution in [2.24, 2.45) is 0 Å². The molecule has 0 aliphatic carbocycles. The minimum atomic E-state index is 0.697. The first-order chi connectivity index (χ1) is 6.20. The molecule has 2 rings (SSSR count). The highest BCUT2D eigenvalue weighted by atomic mass is 35.5. The molecule has 2 aromatic rings. The number of benzene rings is 1. The second-order valence-electron chi connectivity index (χ2n) is 2.92. The Bertz CT molecular complexity index is 447. The van der Waals surface area contributed by atoms with Crippen molar-refractivity contribution in [1.29, 1.82) is 0 Å². The quantitative estimate of drug-likeness (QED) is 0.735. The maximum absolute atomic E-state index is 6.04. The number of hydrogen-bond donors (Lipinski definition) is 2. The van der Waals surface area contributed by atoms with Crippen molar-refractivity contribution in [3.63, 3.8) is 0 Å². The molecule has 0 amide bonds. The molecule has 0 fully saturated rings. The average molecular weight is 196 g/mol. The summed E-state index contributed by atoms with van der Waals surface area (Å²) in [5.74, 6) is 0.880. The molecule has 0 atom stereocenters. The van der Waals surface area contributed by atoms with Crippen molar-refractivity contribution < 1.29 is 0 Å². The van der Waals surface area contributed by atoms with Crippen LogP contribution < -0.4 is 5.32 Å². The number of halogens is 1. The lowest BCUT2D eigenvalue weighted by molar-refractivity contribution is 1.17. The normalized spacial score (nSPS) is 10.7. The van der Waals surface area contributed by atoms with E-state index in [4.69, 9.17) is 11.6 Å². The lowest BCUT2D eigenvalue weighted by Crippen LogP contribution is -1.87. The summed E-state index contributed by atoms with van der Waals surface area (Å²) in [6, 6.07) is 3.84. The molecule has 0 saturated carbocycles. The first kappa shape index (κ1) is 8.38. The van der Waals surface area contributed by atoms with Crippen LogP contribution in [0.3, 0.4) is 0 Å². The predicted molar refractivity (Wildman–Crippen MR) is 55.4 cm³/mol. The van der Waals surface area contributed by atoms with E-state index >= 15 is 0 Å². The van der Waals surface area contributed by atoms with Gasteiger partial charge in [0.15, 0.2) is 0 Å². The van der Waals surface area contributed by atoms with Gasteiger partial charge in [-0.2, -0.15) is 0 Å². The predicted octanol–water partition coefficient (Wildman–Crippen LogP) is 2.57. The van der Waals surface area contributed by atoms with Crippen LogP contribution in [-0.2, 0) is 0 Å². The highest BCUT2D eigenvalue weighted by molar-refractivity contribution is 6.35. The second kappa shape index (κ2) is 2.92. The average Bonchev–Trinajstić information content (AvgIpc) is 2.46. The van der Waals surface area contributed by atoms with E-state index in [0.29, 0.717) is 5.02 Å². The highest BCUT2D eigenvalue weighted by Gasteiger charge is 2.04. The van der Waals surface area contributed by atoms with E-state index in [1.807, 2.05) is 26.1 Å². The van der Waals surface area contributed by atoms with Crippen molar-refractivity contribution in [2.45, 2.75) is 6.92 Å². The maximum Gasteiger partial charge on any atom is 0.104 e. The number of rotatable bonds is 1. The van der Waals surface area contributed by atoms with Crippen LogP contribution in [0, 0.1) is 6.92 Å². The first-order valence-corrected chi connectivity index (χ1v) is 4.42. The van der Waals surface area contributed by atoms with Gasteiger partial charge in [-0.15, -0.1) is 0 Å². The number of H-pyrrole nitrogens is 1. The Hall–Kier alpha value is -1.22. The van der Waals surface area contributed by atoms with Gasteiger partial charge < -0.3 is 10.3 Å². The zero-order valence-electron chi connectivity index (χ0n) is 7.48. The van der Waals surface area contributed by atoms with Gasteiger partial charge in [-0.1, -0.05) is 11.6 Å². The maximum atomic E-state index is 6.04. The molecule has 13 heavy (non-hydrogen) atoms. The van der Waals surface area contributed by atoms with Crippen LogP contribution in [0.15, 0.2) is 12.1 Å². The summed E-state index contributed by atoms with van der Waals surface area (Å²) in [4.78, 5) is 7.41. The zero-order chi connectivity index (χ0) is 9.42. The van der Waals surface area contributed by atoms with E-state index in [9.17, 15) is 0 Å². The third-order valence-corrected chi connectivity index (χ3v) is 2.25. The summed E-state index contributed by atoms with van der Waals surface area (Å²) in [6.45, 7) is 1.91. The molecule has 68 valence electrons. The van der Waals surface area contributed by atoms with E-state index in [-0.39, 0.29) is 0 Å². The number of aromatic amines is 1. The Morgan fingerprint density at radius 3 is 2.92 bits per heavy atom. The molecule has 1 aromatic carbocycles. The van der Waals surface area contributed by atoms with Crippen LogP contribution in [0.5, 0.6) is 0 Å². The molecule has 0 bridgehead atoms.